The van der Waals surface area contributed by atoms with E-state index in [1.165, 1.54) is 17.3 Å². The van der Waals surface area contributed by atoms with Crippen molar-refractivity contribution in [2.45, 2.75) is 36.3 Å². The van der Waals surface area contributed by atoms with Crippen molar-refractivity contribution in [3.8, 4) is 0 Å². The highest BCUT2D eigenvalue weighted by Crippen LogP contribution is 2.28. The van der Waals surface area contributed by atoms with Crippen molar-refractivity contribution in [1.29, 1.82) is 0 Å². The number of ether oxygens (including phenoxy) is 1. The molecule has 0 saturated carbocycles. The maximum absolute atomic E-state index is 9.88. The monoisotopic (exact) mass is 300 g/mol. The van der Waals surface area contributed by atoms with Crippen LogP contribution in [0.1, 0.15) is 5.56 Å². The van der Waals surface area contributed by atoms with Gasteiger partial charge in [0.05, 0.1) is 6.61 Å². The van der Waals surface area contributed by atoms with E-state index in [2.05, 4.69) is 0 Å². The number of aryl methyl sites for hydroxylation is 1. The number of aliphatic hydroxyl groups is 4. The summed E-state index contributed by atoms with van der Waals surface area (Å²) in [7, 11) is 0. The summed E-state index contributed by atoms with van der Waals surface area (Å²) in [6, 6.07) is 9.93. The highest BCUT2D eigenvalue weighted by Gasteiger charge is 2.43. The fraction of sp³-hybridized carbons (Fsp3) is 0.571. The van der Waals surface area contributed by atoms with Crippen LogP contribution >= 0.6 is 11.8 Å². The molecule has 4 N–H and O–H groups in total. The minimum atomic E-state index is -1.30. The Morgan fingerprint density at radius 1 is 1.00 bits per heavy atom. The third-order valence-corrected chi connectivity index (χ3v) is 4.52. The molecular weight excluding hydrogens is 280 g/mol. The van der Waals surface area contributed by atoms with Gasteiger partial charge in [0.25, 0.3) is 0 Å². The van der Waals surface area contributed by atoms with Crippen LogP contribution in [0.2, 0.25) is 0 Å². The molecule has 2 rings (SSSR count). The minimum absolute atomic E-state index is 0.388. The fourth-order valence-electron chi connectivity index (χ4n) is 2.14. The fourth-order valence-corrected chi connectivity index (χ4v) is 3.31. The lowest BCUT2D eigenvalue weighted by molar-refractivity contribution is -0.205. The van der Waals surface area contributed by atoms with Gasteiger partial charge in [0.15, 0.2) is 0 Å². The molecule has 0 radical (unpaired) electrons. The second-order valence-corrected chi connectivity index (χ2v) is 6.01. The van der Waals surface area contributed by atoms with Crippen LogP contribution in [0, 0.1) is 0 Å². The molecule has 0 aromatic heterocycles. The van der Waals surface area contributed by atoms with Crippen molar-refractivity contribution in [1.82, 2.24) is 0 Å². The molecule has 6 heteroatoms. The molecule has 1 aromatic rings. The Labute approximate surface area is 122 Å². The molecule has 1 aliphatic heterocycles. The second kappa shape index (κ2) is 7.40. The highest BCUT2D eigenvalue weighted by molar-refractivity contribution is 7.99. The Kier molecular flexibility index (Phi) is 5.83. The highest BCUT2D eigenvalue weighted by atomic mass is 32.2. The lowest BCUT2D eigenvalue weighted by atomic mass is 10.0. The third kappa shape index (κ3) is 3.72. The smallest absolute Gasteiger partial charge is 0.132 e. The van der Waals surface area contributed by atoms with Gasteiger partial charge in [-0.3, -0.25) is 0 Å². The van der Waals surface area contributed by atoms with Gasteiger partial charge in [-0.2, -0.15) is 0 Å². The lowest BCUT2D eigenvalue weighted by Gasteiger charge is -2.39. The van der Waals surface area contributed by atoms with E-state index in [0.717, 1.165) is 6.42 Å². The average molecular weight is 300 g/mol. The van der Waals surface area contributed by atoms with Crippen molar-refractivity contribution in [2.24, 2.45) is 0 Å². The first kappa shape index (κ1) is 15.8. The summed E-state index contributed by atoms with van der Waals surface area (Å²) >= 11 is 1.37. The molecule has 2 unspecified atom stereocenters. The van der Waals surface area contributed by atoms with Crippen molar-refractivity contribution < 1.29 is 25.2 Å². The molecule has 0 spiro atoms. The predicted octanol–water partition coefficient (Wildman–Crippen LogP) is -0.238. The molecule has 1 fully saturated rings. The van der Waals surface area contributed by atoms with Crippen LogP contribution in [0.3, 0.4) is 0 Å². The molecule has 0 amide bonds. The topological polar surface area (TPSA) is 90.2 Å². The first-order chi connectivity index (χ1) is 9.63. The number of benzene rings is 1. The maximum Gasteiger partial charge on any atom is 0.132 e. The standard InChI is InChI=1S/C14H20O5S/c15-8-10-11(16)12(17)13(18)14(19-10)20-7-6-9-4-2-1-3-5-9/h1-5,10-18H,6-8H2/t10?,11-,12-,13?,14+/m1/s1. The summed E-state index contributed by atoms with van der Waals surface area (Å²) in [5, 5.41) is 38.3. The summed E-state index contributed by atoms with van der Waals surface area (Å²) in [6.07, 6.45) is -3.76. The van der Waals surface area contributed by atoms with Crippen molar-refractivity contribution in [2.75, 3.05) is 12.4 Å². The zero-order valence-corrected chi connectivity index (χ0v) is 11.8. The normalized spacial score (nSPS) is 34.1. The molecule has 5 nitrogen and oxygen atoms in total. The molecule has 0 bridgehead atoms. The van der Waals surface area contributed by atoms with E-state index >= 15 is 0 Å². The first-order valence-corrected chi connectivity index (χ1v) is 7.64. The molecule has 0 aliphatic carbocycles. The Bertz CT molecular complexity index is 400. The zero-order chi connectivity index (χ0) is 14.5. The minimum Gasteiger partial charge on any atom is -0.394 e. The van der Waals surface area contributed by atoms with E-state index in [0.29, 0.717) is 5.75 Å². The number of thioether (sulfide) groups is 1. The number of hydrogen-bond acceptors (Lipinski definition) is 6. The van der Waals surface area contributed by atoms with Crippen molar-refractivity contribution in [3.63, 3.8) is 0 Å². The van der Waals surface area contributed by atoms with Crippen LogP contribution < -0.4 is 0 Å². The maximum atomic E-state index is 9.88. The Morgan fingerprint density at radius 2 is 1.70 bits per heavy atom. The van der Waals surface area contributed by atoms with E-state index in [9.17, 15) is 15.3 Å². The quantitative estimate of drug-likeness (QED) is 0.600. The summed E-state index contributed by atoms with van der Waals surface area (Å²) in [6.45, 7) is -0.388. The van der Waals surface area contributed by atoms with E-state index in [1.54, 1.807) is 0 Å². The van der Waals surface area contributed by atoms with Gasteiger partial charge in [-0.25, -0.2) is 0 Å². The number of aliphatic hydroxyl groups excluding tert-OH is 4. The predicted molar refractivity (Wildman–Crippen MR) is 76.4 cm³/mol. The van der Waals surface area contributed by atoms with Gasteiger partial charge in [0.2, 0.25) is 0 Å². The lowest BCUT2D eigenvalue weighted by Crippen LogP contribution is -2.57. The second-order valence-electron chi connectivity index (χ2n) is 4.80. The molecule has 112 valence electrons. The van der Waals surface area contributed by atoms with Gasteiger partial charge < -0.3 is 25.2 Å². The van der Waals surface area contributed by atoms with Crippen LogP contribution in [-0.2, 0) is 11.2 Å². The van der Waals surface area contributed by atoms with Gasteiger partial charge >= 0.3 is 0 Å². The Balaban J connectivity index is 1.85. The van der Waals surface area contributed by atoms with Gasteiger partial charge in [-0.15, -0.1) is 11.8 Å². The third-order valence-electron chi connectivity index (χ3n) is 3.36. The van der Waals surface area contributed by atoms with Crippen molar-refractivity contribution in [3.05, 3.63) is 35.9 Å². The number of hydrogen-bond donors (Lipinski definition) is 4. The molecular formula is C14H20O5S. The van der Waals surface area contributed by atoms with Gasteiger partial charge in [0, 0.05) is 0 Å². The van der Waals surface area contributed by atoms with E-state index in [1.807, 2.05) is 30.3 Å². The Morgan fingerprint density at radius 3 is 2.35 bits per heavy atom. The Hall–Kier alpha value is -0.630. The molecule has 20 heavy (non-hydrogen) atoms. The zero-order valence-electron chi connectivity index (χ0n) is 11.0. The van der Waals surface area contributed by atoms with Crippen LogP contribution in [0.4, 0.5) is 0 Å². The molecule has 1 aliphatic rings. The summed E-state index contributed by atoms with van der Waals surface area (Å²) in [5.74, 6) is 0.715. The average Bonchev–Trinajstić information content (AvgIpc) is 2.48. The molecule has 1 saturated heterocycles. The first-order valence-electron chi connectivity index (χ1n) is 6.59. The van der Waals surface area contributed by atoms with Gasteiger partial charge in [0.1, 0.15) is 29.9 Å². The largest absolute Gasteiger partial charge is 0.394 e. The van der Waals surface area contributed by atoms with Crippen LogP contribution in [0.25, 0.3) is 0 Å². The van der Waals surface area contributed by atoms with Gasteiger partial charge in [-0.1, -0.05) is 30.3 Å². The van der Waals surface area contributed by atoms with Gasteiger partial charge in [-0.05, 0) is 17.7 Å². The van der Waals surface area contributed by atoms with E-state index in [4.69, 9.17) is 9.84 Å². The van der Waals surface area contributed by atoms with Crippen LogP contribution in [-0.4, -0.2) is 62.6 Å². The summed E-state index contributed by atoms with van der Waals surface area (Å²) < 4.78 is 5.42. The van der Waals surface area contributed by atoms with Crippen LogP contribution in [0.5, 0.6) is 0 Å². The number of rotatable bonds is 5. The molecule has 1 heterocycles. The molecule has 5 atom stereocenters. The van der Waals surface area contributed by atoms with Crippen LogP contribution in [0.15, 0.2) is 30.3 Å². The summed E-state index contributed by atoms with van der Waals surface area (Å²) in [4.78, 5) is 0. The summed E-state index contributed by atoms with van der Waals surface area (Å²) in [5.41, 5.74) is 0.541. The molecule has 1 aromatic carbocycles. The van der Waals surface area contributed by atoms with Crippen molar-refractivity contribution >= 4 is 11.8 Å². The van der Waals surface area contributed by atoms with E-state index in [-0.39, 0.29) is 6.61 Å². The van der Waals surface area contributed by atoms with E-state index < -0.39 is 29.9 Å². The SMILES string of the molecule is OCC1O[C@@H](SCCc2ccccc2)C(O)[C@H](O)[C@@H]1O.